The van der Waals surface area contributed by atoms with Crippen LogP contribution in [0.2, 0.25) is 0 Å². The first kappa shape index (κ1) is 28.6. The predicted octanol–water partition coefficient (Wildman–Crippen LogP) is 11.5. The monoisotopic (exact) mass is 644 g/mol. The maximum atomic E-state index is 3.98. The van der Waals surface area contributed by atoms with E-state index in [9.17, 15) is 0 Å². The van der Waals surface area contributed by atoms with Gasteiger partial charge >= 0.3 is 0 Å². The van der Waals surface area contributed by atoms with Gasteiger partial charge in [-0.3, -0.25) is 0 Å². The van der Waals surface area contributed by atoms with Crippen LogP contribution < -0.4 is 0 Å². The van der Waals surface area contributed by atoms with Crippen molar-refractivity contribution in [3.8, 4) is 0 Å². The number of aryl methyl sites for hydroxylation is 2. The molecule has 1 atom stereocenters. The summed E-state index contributed by atoms with van der Waals surface area (Å²) in [5.74, 6) is 0. The molecule has 1 unspecified atom stereocenters. The summed E-state index contributed by atoms with van der Waals surface area (Å²) in [5, 5.41) is 0. The minimum Gasteiger partial charge on any atom is -0.0842 e. The summed E-state index contributed by atoms with van der Waals surface area (Å²) in [5.41, 5.74) is 11.2. The van der Waals surface area contributed by atoms with E-state index < -0.39 is 0 Å². The quantitative estimate of drug-likeness (QED) is 0.136. The van der Waals surface area contributed by atoms with Crippen LogP contribution in [0.15, 0.2) is 88.9 Å². The van der Waals surface area contributed by atoms with Crippen LogP contribution in [0.1, 0.15) is 105 Å². The van der Waals surface area contributed by atoms with Gasteiger partial charge in [0.2, 0.25) is 0 Å². The number of halogens is 2. The number of hydrogen-bond donors (Lipinski definition) is 0. The minimum absolute atomic E-state index is 0.288. The summed E-state index contributed by atoms with van der Waals surface area (Å²) >= 11 is 7.83. The SMILES string of the molecule is CCCCCCc1cccc(C2(c3cccc(CCCCCC)c3)C3=C(C=CC(Br)C3)c3ccc(Br)cc32)c1. The molecule has 2 heteroatoms. The molecule has 0 aromatic heterocycles. The second-order valence-electron chi connectivity index (χ2n) is 11.4. The van der Waals surface area contributed by atoms with Gasteiger partial charge in [-0.15, -0.1) is 0 Å². The number of unbranched alkanes of at least 4 members (excludes halogenated alkanes) is 6. The molecule has 204 valence electrons. The molecule has 5 rings (SSSR count). The molecule has 0 heterocycles. The Labute approximate surface area is 253 Å². The minimum atomic E-state index is -0.288. The maximum Gasteiger partial charge on any atom is 0.0677 e. The smallest absolute Gasteiger partial charge is 0.0677 e. The van der Waals surface area contributed by atoms with Crippen molar-refractivity contribution < 1.29 is 0 Å². The van der Waals surface area contributed by atoms with E-state index in [1.54, 1.807) is 0 Å². The van der Waals surface area contributed by atoms with Gasteiger partial charge in [0.1, 0.15) is 0 Å². The fraction of sp³-hybridized carbons (Fsp3) is 0.405. The Hall–Kier alpha value is -1.90. The van der Waals surface area contributed by atoms with Gasteiger partial charge in [-0.05, 0) is 88.8 Å². The standard InChI is InChI=1S/C37H42Br2/c1-3-5-7-9-13-27-15-11-17-29(23-27)37(30-18-12-16-28(24-30)14-10-8-6-4-2)35-25-31(38)19-21-33(35)34-22-20-32(39)26-36(34)37/h11-12,15-25,32H,3-10,13-14,26H2,1-2H3. The summed E-state index contributed by atoms with van der Waals surface area (Å²) in [6.45, 7) is 4.58. The molecule has 0 saturated carbocycles. The van der Waals surface area contributed by atoms with Gasteiger partial charge in [0.25, 0.3) is 0 Å². The van der Waals surface area contributed by atoms with E-state index in [0.29, 0.717) is 4.83 Å². The lowest BCUT2D eigenvalue weighted by molar-refractivity contribution is 0.660. The van der Waals surface area contributed by atoms with Crippen molar-refractivity contribution in [1.82, 2.24) is 0 Å². The molecule has 3 aromatic carbocycles. The first-order valence-corrected chi connectivity index (χ1v) is 16.8. The normalized spacial score (nSPS) is 17.4. The summed E-state index contributed by atoms with van der Waals surface area (Å²) in [6, 6.07) is 26.1. The molecule has 0 nitrogen and oxygen atoms in total. The van der Waals surface area contributed by atoms with Crippen LogP contribution in [-0.4, -0.2) is 4.83 Å². The van der Waals surface area contributed by atoms with Crippen molar-refractivity contribution in [2.45, 2.75) is 94.7 Å². The van der Waals surface area contributed by atoms with Gasteiger partial charge in [-0.2, -0.15) is 0 Å². The van der Waals surface area contributed by atoms with Crippen molar-refractivity contribution >= 4 is 37.4 Å². The number of hydrogen-bond acceptors (Lipinski definition) is 0. The predicted molar refractivity (Wildman–Crippen MR) is 176 cm³/mol. The van der Waals surface area contributed by atoms with Crippen LogP contribution in [0.5, 0.6) is 0 Å². The van der Waals surface area contributed by atoms with Gasteiger partial charge < -0.3 is 0 Å². The first-order chi connectivity index (χ1) is 19.1. The topological polar surface area (TPSA) is 0 Å². The fourth-order valence-electron chi connectivity index (χ4n) is 6.76. The number of allylic oxidation sites excluding steroid dienone is 4. The zero-order chi connectivity index (χ0) is 27.2. The van der Waals surface area contributed by atoms with Crippen molar-refractivity contribution in [1.29, 1.82) is 0 Å². The Balaban J connectivity index is 1.68. The lowest BCUT2D eigenvalue weighted by Gasteiger charge is -2.37. The van der Waals surface area contributed by atoms with Gasteiger partial charge in [0, 0.05) is 9.30 Å². The third-order valence-electron chi connectivity index (χ3n) is 8.68. The average Bonchev–Trinajstić information content (AvgIpc) is 3.23. The molecule has 0 aliphatic heterocycles. The molecule has 0 saturated heterocycles. The Morgan fingerprint density at radius 3 is 1.95 bits per heavy atom. The molecule has 2 aliphatic rings. The van der Waals surface area contributed by atoms with Crippen LogP contribution in [0.4, 0.5) is 0 Å². The van der Waals surface area contributed by atoms with Crippen LogP contribution >= 0.6 is 31.9 Å². The molecule has 0 bridgehead atoms. The van der Waals surface area contributed by atoms with Gasteiger partial charge in [-0.25, -0.2) is 0 Å². The summed E-state index contributed by atoms with van der Waals surface area (Å²) in [4.78, 5) is 0.350. The van der Waals surface area contributed by atoms with Crippen LogP contribution in [0.3, 0.4) is 0 Å². The molecule has 0 radical (unpaired) electrons. The highest BCUT2D eigenvalue weighted by Crippen LogP contribution is 2.58. The lowest BCUT2D eigenvalue weighted by Crippen LogP contribution is -2.31. The highest BCUT2D eigenvalue weighted by Gasteiger charge is 2.48. The number of rotatable bonds is 12. The Bertz CT molecular complexity index is 1290. The van der Waals surface area contributed by atoms with Gasteiger partial charge in [0.15, 0.2) is 0 Å². The zero-order valence-electron chi connectivity index (χ0n) is 23.6. The van der Waals surface area contributed by atoms with E-state index in [0.717, 1.165) is 23.7 Å². The van der Waals surface area contributed by atoms with Crippen LogP contribution in [0.25, 0.3) is 5.57 Å². The molecule has 3 aromatic rings. The number of alkyl halides is 1. The molecule has 39 heavy (non-hydrogen) atoms. The highest BCUT2D eigenvalue weighted by atomic mass is 79.9. The summed E-state index contributed by atoms with van der Waals surface area (Å²) in [6.07, 6.45) is 18.4. The van der Waals surface area contributed by atoms with Gasteiger partial charge in [-0.1, -0.05) is 151 Å². The second-order valence-corrected chi connectivity index (χ2v) is 13.5. The Morgan fingerprint density at radius 1 is 0.744 bits per heavy atom. The molecule has 0 spiro atoms. The third-order valence-corrected chi connectivity index (χ3v) is 9.80. The molecule has 2 aliphatic carbocycles. The number of fused-ring (bicyclic) bond motifs is 2. The molecular formula is C37H42Br2. The molecular weight excluding hydrogens is 604 g/mol. The highest BCUT2D eigenvalue weighted by molar-refractivity contribution is 9.10. The fourth-order valence-corrected chi connectivity index (χ4v) is 7.60. The van der Waals surface area contributed by atoms with Crippen molar-refractivity contribution in [2.75, 3.05) is 0 Å². The molecule has 0 N–H and O–H groups in total. The van der Waals surface area contributed by atoms with E-state index in [2.05, 4.69) is 125 Å². The summed E-state index contributed by atoms with van der Waals surface area (Å²) in [7, 11) is 0. The third kappa shape index (κ3) is 5.94. The maximum absolute atomic E-state index is 3.98. The zero-order valence-corrected chi connectivity index (χ0v) is 26.8. The lowest BCUT2D eigenvalue weighted by atomic mass is 9.65. The average molecular weight is 647 g/mol. The largest absolute Gasteiger partial charge is 0.0842 e. The van der Waals surface area contributed by atoms with E-state index in [1.807, 2.05) is 0 Å². The van der Waals surface area contributed by atoms with Crippen molar-refractivity contribution in [3.05, 3.63) is 122 Å². The van der Waals surface area contributed by atoms with Crippen molar-refractivity contribution in [3.63, 3.8) is 0 Å². The number of benzene rings is 3. The van der Waals surface area contributed by atoms with Crippen LogP contribution in [-0.2, 0) is 18.3 Å². The molecule has 0 fully saturated rings. The van der Waals surface area contributed by atoms with E-state index in [4.69, 9.17) is 0 Å². The summed E-state index contributed by atoms with van der Waals surface area (Å²) < 4.78 is 1.15. The van der Waals surface area contributed by atoms with E-state index in [-0.39, 0.29) is 5.41 Å². The molecule has 0 amide bonds. The Morgan fingerprint density at radius 2 is 1.36 bits per heavy atom. The van der Waals surface area contributed by atoms with E-state index in [1.165, 1.54) is 95.9 Å². The first-order valence-electron chi connectivity index (χ1n) is 15.1. The second kappa shape index (κ2) is 13.2. The van der Waals surface area contributed by atoms with Crippen molar-refractivity contribution in [2.24, 2.45) is 0 Å². The van der Waals surface area contributed by atoms with E-state index >= 15 is 0 Å². The Kier molecular flexibility index (Phi) is 9.67. The van der Waals surface area contributed by atoms with Gasteiger partial charge in [0.05, 0.1) is 5.41 Å². The van der Waals surface area contributed by atoms with Crippen LogP contribution in [0, 0.1) is 0 Å².